The summed E-state index contributed by atoms with van der Waals surface area (Å²) < 4.78 is 23.3. The fourth-order valence-electron chi connectivity index (χ4n) is 3.51. The Bertz CT molecular complexity index is 1080. The van der Waals surface area contributed by atoms with Crippen molar-refractivity contribution in [1.82, 2.24) is 20.2 Å². The molecule has 1 aliphatic rings. The lowest BCUT2D eigenvalue weighted by Crippen LogP contribution is -2.28. The van der Waals surface area contributed by atoms with Gasteiger partial charge in [-0.2, -0.15) is 5.10 Å². The lowest BCUT2D eigenvalue weighted by molar-refractivity contribution is 0.102. The number of H-pyrrole nitrogens is 1. The molecule has 3 N–H and O–H groups in total. The van der Waals surface area contributed by atoms with Gasteiger partial charge in [-0.05, 0) is 38.0 Å². The van der Waals surface area contributed by atoms with E-state index in [4.69, 9.17) is 17.0 Å². The van der Waals surface area contributed by atoms with Crippen LogP contribution in [0.1, 0.15) is 53.1 Å². The zero-order valence-electron chi connectivity index (χ0n) is 16.2. The summed E-state index contributed by atoms with van der Waals surface area (Å²) in [6, 6.07) is 0. The van der Waals surface area contributed by atoms with E-state index in [1.165, 1.54) is 24.8 Å². The van der Waals surface area contributed by atoms with Crippen LogP contribution >= 0.6 is 11.6 Å². The van der Waals surface area contributed by atoms with Crippen LogP contribution in [-0.4, -0.2) is 57.5 Å². The van der Waals surface area contributed by atoms with E-state index >= 15 is 0 Å². The fourth-order valence-corrected chi connectivity index (χ4v) is 4.82. The van der Waals surface area contributed by atoms with E-state index in [-0.39, 0.29) is 45.5 Å². The van der Waals surface area contributed by atoms with Crippen LogP contribution in [0.5, 0.6) is 0 Å². The van der Waals surface area contributed by atoms with Gasteiger partial charge in [-0.1, -0.05) is 11.6 Å². The molecular weight excluding hydrogens is 432 g/mol. The lowest BCUT2D eigenvalue weighted by Gasteiger charge is -2.27. The minimum absolute atomic E-state index is 0.0156. The van der Waals surface area contributed by atoms with Crippen molar-refractivity contribution in [3.8, 4) is 0 Å². The predicted octanol–water partition coefficient (Wildman–Crippen LogP) is 2.30. The van der Waals surface area contributed by atoms with Gasteiger partial charge >= 0.3 is 0 Å². The highest BCUT2D eigenvalue weighted by molar-refractivity contribution is 7.91. The van der Waals surface area contributed by atoms with Crippen LogP contribution in [0.2, 0.25) is 5.15 Å². The minimum atomic E-state index is -3.07. The molecule has 0 spiro atoms. The average Bonchev–Trinajstić information content (AvgIpc) is 3.15. The molecule has 0 bridgehead atoms. The number of ketones is 1. The number of hydrogen-bond donors (Lipinski definition) is 3. The summed E-state index contributed by atoms with van der Waals surface area (Å²) in [6.07, 6.45) is 7.76. The number of hydrogen-bond acceptors (Lipinski definition) is 8. The number of rotatable bonds is 7. The highest BCUT2D eigenvalue weighted by Gasteiger charge is 2.30. The monoisotopic (exact) mass is 452 g/mol. The van der Waals surface area contributed by atoms with Crippen LogP contribution in [0.4, 0.5) is 5.69 Å². The van der Waals surface area contributed by atoms with Gasteiger partial charge < -0.3 is 10.7 Å². The molecule has 1 fully saturated rings. The maximum atomic E-state index is 12.7. The second-order valence-electron chi connectivity index (χ2n) is 7.29. The van der Waals surface area contributed by atoms with E-state index in [1.807, 2.05) is 0 Å². The second kappa shape index (κ2) is 9.00. The smallest absolute Gasteiger partial charge is 0.277 e. The molecule has 0 unspecified atom stereocenters. The van der Waals surface area contributed by atoms with Crippen LogP contribution < -0.4 is 5.32 Å². The van der Waals surface area contributed by atoms with Gasteiger partial charge in [0.05, 0.1) is 22.8 Å². The number of anilines is 1. The van der Waals surface area contributed by atoms with Crippen molar-refractivity contribution < 1.29 is 18.0 Å². The Hall–Kier alpha value is -2.66. The van der Waals surface area contributed by atoms with E-state index in [9.17, 15) is 18.0 Å². The lowest BCUT2D eigenvalue weighted by atomic mass is 9.84. The molecule has 30 heavy (non-hydrogen) atoms. The van der Waals surface area contributed by atoms with Gasteiger partial charge in [-0.25, -0.2) is 18.4 Å². The molecule has 1 amide bonds. The molecule has 2 aromatic heterocycles. The first-order chi connectivity index (χ1) is 14.2. The molecular formula is C18H21ClN6O4S. The number of aromatic nitrogens is 4. The van der Waals surface area contributed by atoms with Crippen molar-refractivity contribution in [2.24, 2.45) is 5.92 Å². The minimum Gasteiger partial charge on any atom is -0.317 e. The zero-order valence-corrected chi connectivity index (χ0v) is 17.8. The van der Waals surface area contributed by atoms with Gasteiger partial charge in [-0.15, -0.1) is 0 Å². The van der Waals surface area contributed by atoms with E-state index in [2.05, 4.69) is 25.5 Å². The maximum Gasteiger partial charge on any atom is 0.277 e. The quantitative estimate of drug-likeness (QED) is 0.429. The van der Waals surface area contributed by atoms with Gasteiger partial charge in [-0.3, -0.25) is 14.7 Å². The molecule has 2 aromatic rings. The topological polar surface area (TPSA) is 159 Å². The molecule has 2 heterocycles. The second-order valence-corrected chi connectivity index (χ2v) is 9.98. The molecule has 160 valence electrons. The SMILES string of the molecule is CS(=O)(=O)C1CCC(CC(=N)C(=O)c2[nH]ncc2NC(=O)c2nccnc2Cl)CC1. The third kappa shape index (κ3) is 5.08. The third-order valence-electron chi connectivity index (χ3n) is 5.15. The largest absolute Gasteiger partial charge is 0.317 e. The number of carbonyl (C=O) groups is 2. The molecule has 1 saturated carbocycles. The summed E-state index contributed by atoms with van der Waals surface area (Å²) in [7, 11) is -3.07. The van der Waals surface area contributed by atoms with E-state index in [0.717, 1.165) is 0 Å². The van der Waals surface area contributed by atoms with E-state index in [1.54, 1.807) is 0 Å². The Morgan fingerprint density at radius 2 is 1.90 bits per heavy atom. The molecule has 0 atom stereocenters. The number of halogens is 1. The van der Waals surface area contributed by atoms with Crippen molar-refractivity contribution in [3.63, 3.8) is 0 Å². The van der Waals surface area contributed by atoms with Gasteiger partial charge in [0.15, 0.2) is 10.8 Å². The summed E-state index contributed by atoms with van der Waals surface area (Å²) in [5.41, 5.74) is -0.137. The summed E-state index contributed by atoms with van der Waals surface area (Å²) >= 11 is 5.86. The van der Waals surface area contributed by atoms with Crippen molar-refractivity contribution in [3.05, 3.63) is 35.1 Å². The van der Waals surface area contributed by atoms with Crippen LogP contribution in [0.3, 0.4) is 0 Å². The fraction of sp³-hybridized carbons (Fsp3) is 0.444. The number of sulfone groups is 1. The summed E-state index contributed by atoms with van der Waals surface area (Å²) in [5, 5.41) is 16.6. The van der Waals surface area contributed by atoms with Gasteiger partial charge in [0.1, 0.15) is 15.5 Å². The van der Waals surface area contributed by atoms with Crippen molar-refractivity contribution >= 4 is 44.5 Å². The number of nitrogens with one attached hydrogen (secondary N) is 3. The van der Waals surface area contributed by atoms with Crippen molar-refractivity contribution in [2.45, 2.75) is 37.4 Å². The van der Waals surface area contributed by atoms with Gasteiger partial charge in [0.2, 0.25) is 5.78 Å². The number of nitrogens with zero attached hydrogens (tertiary/aromatic N) is 3. The molecule has 0 saturated heterocycles. The first kappa shape index (κ1) is 22.0. The Balaban J connectivity index is 1.63. The molecule has 1 aliphatic carbocycles. The van der Waals surface area contributed by atoms with Crippen LogP contribution in [0.15, 0.2) is 18.6 Å². The number of amides is 1. The Morgan fingerprint density at radius 3 is 2.53 bits per heavy atom. The molecule has 12 heteroatoms. The summed E-state index contributed by atoms with van der Waals surface area (Å²) in [5.74, 6) is -1.17. The molecule has 10 nitrogen and oxygen atoms in total. The highest BCUT2D eigenvalue weighted by atomic mass is 35.5. The summed E-state index contributed by atoms with van der Waals surface area (Å²) in [6.45, 7) is 0. The predicted molar refractivity (Wildman–Crippen MR) is 111 cm³/mol. The van der Waals surface area contributed by atoms with Crippen molar-refractivity contribution in [1.29, 1.82) is 5.41 Å². The van der Waals surface area contributed by atoms with E-state index < -0.39 is 21.5 Å². The van der Waals surface area contributed by atoms with E-state index in [0.29, 0.717) is 25.7 Å². The Morgan fingerprint density at radius 1 is 1.23 bits per heavy atom. The van der Waals surface area contributed by atoms with Gasteiger partial charge in [0.25, 0.3) is 5.91 Å². The maximum absolute atomic E-state index is 12.7. The standard InChI is InChI=1S/C18H21ClN6O4S/c1-30(28,29)11-4-2-10(3-5-11)8-12(20)16(26)14-13(9-23-25-14)24-18(27)15-17(19)22-7-6-21-15/h6-7,9-11,20H,2-5,8H2,1H3,(H,23,25)(H,24,27). The number of aromatic amines is 1. The molecule has 0 radical (unpaired) electrons. The first-order valence-corrected chi connectivity index (χ1v) is 11.6. The molecule has 0 aromatic carbocycles. The van der Waals surface area contributed by atoms with Crippen LogP contribution in [-0.2, 0) is 9.84 Å². The molecule has 3 rings (SSSR count). The average molecular weight is 453 g/mol. The Kier molecular flexibility index (Phi) is 6.61. The highest BCUT2D eigenvalue weighted by Crippen LogP contribution is 2.31. The normalized spacial score (nSPS) is 19.3. The van der Waals surface area contributed by atoms with Gasteiger partial charge in [0, 0.05) is 18.6 Å². The zero-order chi connectivity index (χ0) is 21.9. The molecule has 0 aliphatic heterocycles. The van der Waals surface area contributed by atoms with Crippen LogP contribution in [0, 0.1) is 11.3 Å². The van der Waals surface area contributed by atoms with Crippen molar-refractivity contribution in [2.75, 3.05) is 11.6 Å². The third-order valence-corrected chi connectivity index (χ3v) is 7.11. The van der Waals surface area contributed by atoms with Crippen LogP contribution in [0.25, 0.3) is 0 Å². The Labute approximate surface area is 178 Å². The number of carbonyl (C=O) groups excluding carboxylic acids is 2. The summed E-state index contributed by atoms with van der Waals surface area (Å²) in [4.78, 5) is 32.7. The first-order valence-electron chi connectivity index (χ1n) is 9.29. The number of Topliss-reactive ketones (excluding diaryl/α,β-unsaturated/α-hetero) is 1.